The molecule has 1 fully saturated rings. The van der Waals surface area contributed by atoms with Crippen molar-refractivity contribution in [1.29, 1.82) is 5.26 Å². The lowest BCUT2D eigenvalue weighted by Crippen LogP contribution is -2.18. The number of nitriles is 1. The molecule has 8 nitrogen and oxygen atoms in total. The molecule has 0 unspecified atom stereocenters. The summed E-state index contributed by atoms with van der Waals surface area (Å²) in [6.45, 7) is 0. The van der Waals surface area contributed by atoms with Gasteiger partial charge in [-0.25, -0.2) is 14.2 Å². The lowest BCUT2D eigenvalue weighted by molar-refractivity contribution is -0.142. The van der Waals surface area contributed by atoms with Crippen molar-refractivity contribution in [2.24, 2.45) is 0 Å². The van der Waals surface area contributed by atoms with Gasteiger partial charge in [-0.1, -0.05) is 18.2 Å². The first-order valence-corrected chi connectivity index (χ1v) is 9.68. The van der Waals surface area contributed by atoms with Gasteiger partial charge in [0.25, 0.3) is 5.91 Å². The van der Waals surface area contributed by atoms with Crippen molar-refractivity contribution < 1.29 is 18.0 Å². The smallest absolute Gasteiger partial charge is 0.304 e. The second-order valence-electron chi connectivity index (χ2n) is 7.36. The Morgan fingerprint density at radius 2 is 1.94 bits per heavy atom. The summed E-state index contributed by atoms with van der Waals surface area (Å²) in [5, 5.41) is 19.9. The number of nitrogens with zero attached hydrogens (tertiary/aromatic N) is 6. The number of fused-ring (bicyclic) bond motifs is 1. The number of halogens is 3. The molecule has 0 atom stereocenters. The Morgan fingerprint density at radius 1 is 1.19 bits per heavy atom. The summed E-state index contributed by atoms with van der Waals surface area (Å²) in [5.74, 6) is -0.708. The highest BCUT2D eigenvalue weighted by Crippen LogP contribution is 2.41. The number of para-hydroxylation sites is 1. The molecule has 0 saturated heterocycles. The van der Waals surface area contributed by atoms with Gasteiger partial charge in [-0.2, -0.15) is 28.6 Å². The summed E-state index contributed by atoms with van der Waals surface area (Å²) >= 11 is 0. The van der Waals surface area contributed by atoms with Gasteiger partial charge < -0.3 is 5.32 Å². The van der Waals surface area contributed by atoms with Gasteiger partial charge in [-0.15, -0.1) is 0 Å². The molecule has 1 aliphatic rings. The van der Waals surface area contributed by atoms with Crippen LogP contribution in [0.1, 0.15) is 46.2 Å². The summed E-state index contributed by atoms with van der Waals surface area (Å²) in [6.07, 6.45) is -1.81. The van der Waals surface area contributed by atoms with E-state index in [1.165, 1.54) is 16.9 Å². The van der Waals surface area contributed by atoms with E-state index in [0.717, 1.165) is 18.9 Å². The van der Waals surface area contributed by atoms with Gasteiger partial charge in [0.1, 0.15) is 17.3 Å². The SMILES string of the molecule is N#Cc1cnn(-c2ccccc2)c1NC(=O)c1cc2nc(C3CC3)cc(C(F)(F)F)n2n1. The van der Waals surface area contributed by atoms with E-state index in [2.05, 4.69) is 20.5 Å². The molecule has 1 amide bonds. The third-order valence-corrected chi connectivity index (χ3v) is 5.09. The lowest BCUT2D eigenvalue weighted by Gasteiger charge is -2.10. The van der Waals surface area contributed by atoms with Crippen molar-refractivity contribution >= 4 is 17.4 Å². The van der Waals surface area contributed by atoms with Crippen molar-refractivity contribution in [1.82, 2.24) is 24.4 Å². The first-order chi connectivity index (χ1) is 15.3. The number of aromatic nitrogens is 5. The van der Waals surface area contributed by atoms with Crippen LogP contribution in [0, 0.1) is 11.3 Å². The maximum atomic E-state index is 13.6. The Balaban J connectivity index is 1.54. The second-order valence-corrected chi connectivity index (χ2v) is 7.36. The molecule has 3 heterocycles. The molecule has 0 bridgehead atoms. The van der Waals surface area contributed by atoms with Crippen LogP contribution in [0.4, 0.5) is 19.0 Å². The van der Waals surface area contributed by atoms with Gasteiger partial charge in [-0.05, 0) is 31.0 Å². The first-order valence-electron chi connectivity index (χ1n) is 9.68. The summed E-state index contributed by atoms with van der Waals surface area (Å²) in [4.78, 5) is 17.1. The largest absolute Gasteiger partial charge is 0.433 e. The van der Waals surface area contributed by atoms with Gasteiger partial charge in [0, 0.05) is 17.7 Å². The van der Waals surface area contributed by atoms with Gasteiger partial charge in [0.15, 0.2) is 17.2 Å². The zero-order chi connectivity index (χ0) is 22.5. The second kappa shape index (κ2) is 7.19. The van der Waals surface area contributed by atoms with Crippen LogP contribution in [0.15, 0.2) is 48.7 Å². The van der Waals surface area contributed by atoms with Crippen LogP contribution in [-0.4, -0.2) is 30.3 Å². The number of hydrogen-bond donors (Lipinski definition) is 1. The fourth-order valence-electron chi connectivity index (χ4n) is 3.38. The van der Waals surface area contributed by atoms with E-state index in [1.807, 2.05) is 6.07 Å². The fourth-order valence-corrected chi connectivity index (χ4v) is 3.38. The van der Waals surface area contributed by atoms with E-state index in [9.17, 15) is 23.2 Å². The Labute approximate surface area is 178 Å². The molecule has 4 aromatic rings. The fraction of sp³-hybridized carbons (Fsp3) is 0.190. The third kappa shape index (κ3) is 3.45. The highest BCUT2D eigenvalue weighted by atomic mass is 19.4. The van der Waals surface area contributed by atoms with Crippen molar-refractivity contribution in [3.05, 3.63) is 71.3 Å². The maximum Gasteiger partial charge on any atom is 0.433 e. The topological polar surface area (TPSA) is 101 Å². The minimum absolute atomic E-state index is 0.00770. The first kappa shape index (κ1) is 19.7. The number of nitrogens with one attached hydrogen (secondary N) is 1. The average molecular weight is 437 g/mol. The van der Waals surface area contributed by atoms with Crippen LogP contribution in [0.3, 0.4) is 0 Å². The molecule has 11 heteroatoms. The molecule has 160 valence electrons. The normalized spacial score (nSPS) is 13.8. The van der Waals surface area contributed by atoms with Gasteiger partial charge in [0.2, 0.25) is 0 Å². The van der Waals surface area contributed by atoms with E-state index in [4.69, 9.17) is 0 Å². The highest BCUT2D eigenvalue weighted by Gasteiger charge is 2.37. The highest BCUT2D eigenvalue weighted by molar-refractivity contribution is 6.03. The number of hydrogen-bond acceptors (Lipinski definition) is 5. The van der Waals surface area contributed by atoms with Crippen LogP contribution in [0.25, 0.3) is 11.3 Å². The quantitative estimate of drug-likeness (QED) is 0.521. The summed E-state index contributed by atoms with van der Waals surface area (Å²) in [6, 6.07) is 12.9. The molecule has 32 heavy (non-hydrogen) atoms. The Hall–Kier alpha value is -4.20. The Kier molecular flexibility index (Phi) is 4.44. The molecule has 0 radical (unpaired) electrons. The minimum Gasteiger partial charge on any atom is -0.304 e. The summed E-state index contributed by atoms with van der Waals surface area (Å²) in [7, 11) is 0. The van der Waals surface area contributed by atoms with Crippen molar-refractivity contribution in [2.45, 2.75) is 24.9 Å². The van der Waals surface area contributed by atoms with E-state index >= 15 is 0 Å². The molecule has 1 saturated carbocycles. The predicted octanol–water partition coefficient (Wildman–Crippen LogP) is 3.94. The van der Waals surface area contributed by atoms with Gasteiger partial charge >= 0.3 is 6.18 Å². The average Bonchev–Trinajstić information content (AvgIpc) is 3.41. The zero-order valence-corrected chi connectivity index (χ0v) is 16.3. The summed E-state index contributed by atoms with van der Waals surface area (Å²) < 4.78 is 42.8. The summed E-state index contributed by atoms with van der Waals surface area (Å²) in [5.41, 5.74) is -0.295. The lowest BCUT2D eigenvalue weighted by atomic mass is 10.2. The molecule has 0 aliphatic heterocycles. The van der Waals surface area contributed by atoms with Crippen LogP contribution in [0.2, 0.25) is 0 Å². The number of carbonyl (C=O) groups is 1. The molecule has 1 aromatic carbocycles. The molecular formula is C21H14F3N7O. The van der Waals surface area contributed by atoms with E-state index in [0.29, 0.717) is 15.9 Å². The van der Waals surface area contributed by atoms with Crippen LogP contribution < -0.4 is 5.32 Å². The maximum absolute atomic E-state index is 13.6. The Bertz CT molecular complexity index is 1380. The van der Waals surface area contributed by atoms with Crippen molar-refractivity contribution in [2.75, 3.05) is 5.32 Å². The molecule has 1 N–H and O–H groups in total. The number of alkyl halides is 3. The predicted molar refractivity (Wildman–Crippen MR) is 106 cm³/mol. The third-order valence-electron chi connectivity index (χ3n) is 5.09. The molecule has 3 aromatic heterocycles. The molecule has 5 rings (SSSR count). The van der Waals surface area contributed by atoms with Crippen molar-refractivity contribution in [3.63, 3.8) is 0 Å². The van der Waals surface area contributed by atoms with E-state index in [1.54, 1.807) is 30.3 Å². The van der Waals surface area contributed by atoms with E-state index in [-0.39, 0.29) is 28.6 Å². The van der Waals surface area contributed by atoms with Gasteiger partial charge in [0.05, 0.1) is 11.9 Å². The van der Waals surface area contributed by atoms with Crippen molar-refractivity contribution in [3.8, 4) is 11.8 Å². The van der Waals surface area contributed by atoms with Crippen LogP contribution in [0.5, 0.6) is 0 Å². The molecule has 0 spiro atoms. The molecular weight excluding hydrogens is 423 g/mol. The number of carbonyl (C=O) groups excluding carboxylic acids is 1. The minimum atomic E-state index is -4.66. The number of anilines is 1. The number of rotatable bonds is 4. The van der Waals surface area contributed by atoms with E-state index < -0.39 is 17.8 Å². The standard InChI is InChI=1S/C21H14F3N7O/c22-21(23,24)17-8-15(12-6-7-12)27-18-9-16(29-31(17)18)20(32)28-19-13(10-25)11-26-30(19)14-4-2-1-3-5-14/h1-5,8-9,11-12H,6-7H2,(H,28,32). The van der Waals surface area contributed by atoms with Gasteiger partial charge in [-0.3, -0.25) is 4.79 Å². The molecule has 1 aliphatic carbocycles. The van der Waals surface area contributed by atoms with Crippen LogP contribution in [-0.2, 0) is 6.18 Å². The zero-order valence-electron chi connectivity index (χ0n) is 16.3. The monoisotopic (exact) mass is 437 g/mol. The Morgan fingerprint density at radius 3 is 2.59 bits per heavy atom. The number of benzene rings is 1. The van der Waals surface area contributed by atoms with Crippen LogP contribution >= 0.6 is 0 Å². The number of amides is 1.